The average molecular weight is 375 g/mol. The van der Waals surface area contributed by atoms with Crippen LogP contribution >= 0.6 is 23.2 Å². The van der Waals surface area contributed by atoms with E-state index in [-0.39, 0.29) is 29.6 Å². The van der Waals surface area contributed by atoms with Crippen molar-refractivity contribution in [3.63, 3.8) is 0 Å². The lowest BCUT2D eigenvalue weighted by atomic mass is 10.1. The Labute approximate surface area is 150 Å². The van der Waals surface area contributed by atoms with Crippen LogP contribution in [0.2, 0.25) is 10.0 Å². The van der Waals surface area contributed by atoms with Gasteiger partial charge in [0.2, 0.25) is 0 Å². The van der Waals surface area contributed by atoms with Crippen molar-refractivity contribution in [1.82, 2.24) is 10.6 Å². The first-order valence-corrected chi connectivity index (χ1v) is 8.20. The topological polar surface area (TPSA) is 84.5 Å². The number of amides is 2. The van der Waals surface area contributed by atoms with Gasteiger partial charge in [0.1, 0.15) is 6.54 Å². The fraction of sp³-hybridized carbons (Fsp3) is 0.438. The van der Waals surface area contributed by atoms with Crippen LogP contribution in [0.25, 0.3) is 0 Å². The fourth-order valence-corrected chi connectivity index (χ4v) is 1.94. The predicted octanol–water partition coefficient (Wildman–Crippen LogP) is 2.43. The lowest BCUT2D eigenvalue weighted by Crippen LogP contribution is -2.34. The zero-order valence-corrected chi connectivity index (χ0v) is 15.0. The third-order valence-electron chi connectivity index (χ3n) is 2.98. The minimum absolute atomic E-state index is 0.241. The second-order valence-electron chi connectivity index (χ2n) is 5.50. The van der Waals surface area contributed by atoms with E-state index in [1.807, 2.05) is 13.8 Å². The molecule has 6 nitrogen and oxygen atoms in total. The Hall–Kier alpha value is -1.79. The maximum absolute atomic E-state index is 11.9. The highest BCUT2D eigenvalue weighted by Crippen LogP contribution is 2.22. The van der Waals surface area contributed by atoms with Gasteiger partial charge in [-0.05, 0) is 30.5 Å². The van der Waals surface area contributed by atoms with Crippen molar-refractivity contribution < 1.29 is 19.1 Å². The molecular weight excluding hydrogens is 355 g/mol. The van der Waals surface area contributed by atoms with Gasteiger partial charge < -0.3 is 15.4 Å². The number of rotatable bonds is 8. The monoisotopic (exact) mass is 374 g/mol. The number of benzene rings is 1. The van der Waals surface area contributed by atoms with Gasteiger partial charge >= 0.3 is 5.97 Å². The molecule has 2 N–H and O–H groups in total. The quantitative estimate of drug-likeness (QED) is 0.684. The molecule has 0 aromatic heterocycles. The molecule has 8 heteroatoms. The lowest BCUT2D eigenvalue weighted by Gasteiger charge is -2.09. The van der Waals surface area contributed by atoms with Gasteiger partial charge in [-0.1, -0.05) is 37.0 Å². The van der Waals surface area contributed by atoms with Crippen molar-refractivity contribution >= 4 is 41.0 Å². The first kappa shape index (κ1) is 20.3. The first-order valence-electron chi connectivity index (χ1n) is 7.45. The second-order valence-corrected chi connectivity index (χ2v) is 6.32. The van der Waals surface area contributed by atoms with Crippen LogP contribution in [0, 0.1) is 5.92 Å². The minimum Gasteiger partial charge on any atom is -0.454 e. The summed E-state index contributed by atoms with van der Waals surface area (Å²) in [5.74, 6) is -1.10. The molecule has 0 fully saturated rings. The standard InChI is InChI=1S/C16H20Cl2N2O4/c1-10(2)5-6-19-14(21)9-24-15(22)8-20-16(23)11-3-4-12(17)13(18)7-11/h3-4,7,10H,5-6,8-9H2,1-2H3,(H,19,21)(H,20,23). The number of hydrogen-bond donors (Lipinski definition) is 2. The molecule has 0 unspecified atom stereocenters. The van der Waals surface area contributed by atoms with Gasteiger partial charge in [0.05, 0.1) is 10.0 Å². The summed E-state index contributed by atoms with van der Waals surface area (Å²) < 4.78 is 4.78. The maximum Gasteiger partial charge on any atom is 0.325 e. The van der Waals surface area contributed by atoms with E-state index in [0.29, 0.717) is 17.5 Å². The minimum atomic E-state index is -0.706. The van der Waals surface area contributed by atoms with E-state index in [9.17, 15) is 14.4 Å². The summed E-state index contributed by atoms with van der Waals surface area (Å²) in [6.07, 6.45) is 0.847. The Morgan fingerprint density at radius 3 is 2.46 bits per heavy atom. The van der Waals surface area contributed by atoms with E-state index in [2.05, 4.69) is 10.6 Å². The molecule has 132 valence electrons. The van der Waals surface area contributed by atoms with Gasteiger partial charge in [-0.3, -0.25) is 14.4 Å². The van der Waals surface area contributed by atoms with E-state index < -0.39 is 11.9 Å². The summed E-state index contributed by atoms with van der Waals surface area (Å²) in [5, 5.41) is 5.59. The van der Waals surface area contributed by atoms with Crippen LogP contribution in [0.1, 0.15) is 30.6 Å². The Balaban J connectivity index is 2.29. The molecule has 0 aliphatic heterocycles. The Morgan fingerprint density at radius 1 is 1.12 bits per heavy atom. The number of carbonyl (C=O) groups is 3. The van der Waals surface area contributed by atoms with Crippen molar-refractivity contribution in [2.24, 2.45) is 5.92 Å². The number of hydrogen-bond acceptors (Lipinski definition) is 4. The molecule has 0 spiro atoms. The highest BCUT2D eigenvalue weighted by Gasteiger charge is 2.12. The van der Waals surface area contributed by atoms with Crippen LogP contribution in [0.4, 0.5) is 0 Å². The van der Waals surface area contributed by atoms with Crippen LogP contribution in [-0.4, -0.2) is 37.5 Å². The molecule has 0 bridgehead atoms. The van der Waals surface area contributed by atoms with Crippen LogP contribution < -0.4 is 10.6 Å². The molecule has 2 amide bonds. The number of nitrogens with one attached hydrogen (secondary N) is 2. The Kier molecular flexibility index (Phi) is 8.57. The van der Waals surface area contributed by atoms with Crippen molar-refractivity contribution in [3.05, 3.63) is 33.8 Å². The van der Waals surface area contributed by atoms with Crippen molar-refractivity contribution in [1.29, 1.82) is 0 Å². The van der Waals surface area contributed by atoms with Crippen LogP contribution in [0.5, 0.6) is 0 Å². The molecule has 0 atom stereocenters. The van der Waals surface area contributed by atoms with Crippen molar-refractivity contribution in [2.45, 2.75) is 20.3 Å². The van der Waals surface area contributed by atoms with E-state index in [1.54, 1.807) is 0 Å². The molecule has 0 heterocycles. The first-order chi connectivity index (χ1) is 11.3. The largest absolute Gasteiger partial charge is 0.454 e. The molecule has 0 saturated carbocycles. The lowest BCUT2D eigenvalue weighted by molar-refractivity contribution is -0.147. The average Bonchev–Trinajstić information content (AvgIpc) is 2.52. The van der Waals surface area contributed by atoms with Gasteiger partial charge in [-0.15, -0.1) is 0 Å². The molecule has 0 radical (unpaired) electrons. The van der Waals surface area contributed by atoms with Crippen LogP contribution in [-0.2, 0) is 14.3 Å². The molecule has 24 heavy (non-hydrogen) atoms. The van der Waals surface area contributed by atoms with Gasteiger partial charge in [0.15, 0.2) is 6.61 Å². The summed E-state index contributed by atoms with van der Waals surface area (Å²) >= 11 is 11.6. The molecule has 0 aliphatic carbocycles. The SMILES string of the molecule is CC(C)CCNC(=O)COC(=O)CNC(=O)c1ccc(Cl)c(Cl)c1. The number of carbonyl (C=O) groups excluding carboxylic acids is 3. The third-order valence-corrected chi connectivity index (χ3v) is 3.72. The summed E-state index contributed by atoms with van der Waals surface area (Å²) in [6.45, 7) is 3.89. The summed E-state index contributed by atoms with van der Waals surface area (Å²) in [4.78, 5) is 34.8. The second kappa shape index (κ2) is 10.2. The Bertz CT molecular complexity index is 606. The predicted molar refractivity (Wildman–Crippen MR) is 92.2 cm³/mol. The van der Waals surface area contributed by atoms with E-state index in [1.165, 1.54) is 18.2 Å². The highest BCUT2D eigenvalue weighted by atomic mass is 35.5. The molecule has 0 aliphatic rings. The zero-order chi connectivity index (χ0) is 18.1. The van der Waals surface area contributed by atoms with Crippen molar-refractivity contribution in [2.75, 3.05) is 19.7 Å². The molecule has 1 aromatic rings. The molecule has 1 aromatic carbocycles. The Morgan fingerprint density at radius 2 is 1.83 bits per heavy atom. The van der Waals surface area contributed by atoms with Gasteiger partial charge in [0.25, 0.3) is 11.8 Å². The maximum atomic E-state index is 11.9. The molecular formula is C16H20Cl2N2O4. The summed E-state index contributed by atoms with van der Waals surface area (Å²) in [7, 11) is 0. The summed E-state index contributed by atoms with van der Waals surface area (Å²) in [6, 6.07) is 4.36. The van der Waals surface area contributed by atoms with Crippen molar-refractivity contribution in [3.8, 4) is 0 Å². The normalized spacial score (nSPS) is 10.4. The van der Waals surface area contributed by atoms with Crippen LogP contribution in [0.3, 0.4) is 0 Å². The molecule has 0 saturated heterocycles. The van der Waals surface area contributed by atoms with E-state index in [0.717, 1.165) is 6.42 Å². The zero-order valence-electron chi connectivity index (χ0n) is 13.5. The van der Waals surface area contributed by atoms with Gasteiger partial charge in [-0.25, -0.2) is 0 Å². The van der Waals surface area contributed by atoms with Crippen LogP contribution in [0.15, 0.2) is 18.2 Å². The highest BCUT2D eigenvalue weighted by molar-refractivity contribution is 6.42. The summed E-state index contributed by atoms with van der Waals surface area (Å²) in [5.41, 5.74) is 0.267. The number of ether oxygens (including phenoxy) is 1. The van der Waals surface area contributed by atoms with E-state index in [4.69, 9.17) is 27.9 Å². The molecule has 1 rings (SSSR count). The smallest absolute Gasteiger partial charge is 0.325 e. The van der Waals surface area contributed by atoms with E-state index >= 15 is 0 Å². The fourth-order valence-electron chi connectivity index (χ4n) is 1.64. The van der Waals surface area contributed by atoms with Gasteiger partial charge in [0, 0.05) is 12.1 Å². The van der Waals surface area contributed by atoms with Gasteiger partial charge in [-0.2, -0.15) is 0 Å². The number of esters is 1. The third kappa shape index (κ3) is 7.66. The number of halogens is 2.